The van der Waals surface area contributed by atoms with E-state index in [1.165, 1.54) is 29.7 Å². The van der Waals surface area contributed by atoms with Crippen LogP contribution in [-0.4, -0.2) is 41.7 Å². The number of rotatable bonds is 7. The molecule has 2 atom stereocenters. The molecule has 1 aliphatic heterocycles. The number of hydrogen-bond acceptors (Lipinski definition) is 4. The molecule has 1 aromatic carbocycles. The molecule has 1 aliphatic carbocycles. The van der Waals surface area contributed by atoms with Crippen LogP contribution in [0.1, 0.15) is 67.5 Å². The molecule has 0 N–H and O–H groups in total. The summed E-state index contributed by atoms with van der Waals surface area (Å²) in [5.41, 5.74) is 0.541. The average molecular weight is 539 g/mol. The lowest BCUT2D eigenvalue weighted by molar-refractivity contribution is -0.136. The van der Waals surface area contributed by atoms with Crippen molar-refractivity contribution in [1.29, 1.82) is 0 Å². The van der Waals surface area contributed by atoms with Crippen molar-refractivity contribution in [3.8, 4) is 5.69 Å². The highest BCUT2D eigenvalue weighted by Crippen LogP contribution is 2.41. The number of pyridine rings is 1. The molecule has 1 saturated heterocycles. The predicted octanol–water partition coefficient (Wildman–Crippen LogP) is 5.40. The number of piperidine rings is 1. The first-order valence-corrected chi connectivity index (χ1v) is 13.7. The van der Waals surface area contributed by atoms with Crippen molar-refractivity contribution in [3.63, 3.8) is 0 Å². The Labute approximate surface area is 224 Å². The summed E-state index contributed by atoms with van der Waals surface area (Å²) >= 11 is 0. The quantitative estimate of drug-likeness (QED) is 0.316. The van der Waals surface area contributed by atoms with E-state index in [1.54, 1.807) is 18.6 Å². The van der Waals surface area contributed by atoms with Crippen LogP contribution in [0, 0.1) is 11.8 Å². The number of imidazole rings is 1. The number of alkyl halides is 3. The van der Waals surface area contributed by atoms with Gasteiger partial charge in [-0.2, -0.15) is 13.2 Å². The largest absolute Gasteiger partial charge is 0.418 e. The van der Waals surface area contributed by atoms with E-state index < -0.39 is 17.4 Å². The highest BCUT2D eigenvalue weighted by Gasteiger charge is 2.35. The van der Waals surface area contributed by atoms with Crippen LogP contribution in [-0.2, 0) is 19.8 Å². The van der Waals surface area contributed by atoms with Crippen molar-refractivity contribution in [2.24, 2.45) is 18.9 Å². The standard InChI is InChI=1S/C29H33F3N6O/c1-19-5-4-10-36(14-19)15-21-12-25(29(30,31)32)26-17-37(28(39)38(26)16-21)23-7-3-6-22(13-23)24(11-20-8-9-20)27-34-33-18-35(27)2/h3,6-7,12-13,16-20,24H,4-5,8-11,14-15H2,1-2H3/t19-,24-/m0/s1. The third kappa shape index (κ3) is 5.26. The van der Waals surface area contributed by atoms with Crippen molar-refractivity contribution in [3.05, 3.63) is 82.1 Å². The van der Waals surface area contributed by atoms with Crippen molar-refractivity contribution < 1.29 is 13.2 Å². The molecule has 1 saturated carbocycles. The Balaban J connectivity index is 1.41. The van der Waals surface area contributed by atoms with E-state index in [0.717, 1.165) is 48.1 Å². The number of hydrogen-bond donors (Lipinski definition) is 0. The monoisotopic (exact) mass is 538 g/mol. The summed E-state index contributed by atoms with van der Waals surface area (Å²) in [6.45, 7) is 4.24. The lowest BCUT2D eigenvalue weighted by atomic mass is 9.92. The van der Waals surface area contributed by atoms with Gasteiger partial charge in [0.2, 0.25) is 0 Å². The van der Waals surface area contributed by atoms with Gasteiger partial charge in [0.25, 0.3) is 0 Å². The minimum Gasteiger partial charge on any atom is -0.320 e. The van der Waals surface area contributed by atoms with Gasteiger partial charge in [0, 0.05) is 38.4 Å². The number of aromatic nitrogens is 5. The van der Waals surface area contributed by atoms with Gasteiger partial charge in [0.15, 0.2) is 0 Å². The van der Waals surface area contributed by atoms with E-state index in [0.29, 0.717) is 29.6 Å². The molecule has 39 heavy (non-hydrogen) atoms. The minimum absolute atomic E-state index is 0.0121. The molecular formula is C29H33F3N6O. The molecule has 4 aromatic rings. The molecule has 0 unspecified atom stereocenters. The maximum absolute atomic E-state index is 14.2. The second-order valence-electron chi connectivity index (χ2n) is 11.4. The molecule has 10 heteroatoms. The van der Waals surface area contributed by atoms with Crippen LogP contribution in [0.4, 0.5) is 13.2 Å². The Morgan fingerprint density at radius 2 is 1.95 bits per heavy atom. The zero-order chi connectivity index (χ0) is 27.3. The zero-order valence-corrected chi connectivity index (χ0v) is 22.2. The summed E-state index contributed by atoms with van der Waals surface area (Å²) in [5, 5.41) is 8.39. The smallest absolute Gasteiger partial charge is 0.320 e. The number of likely N-dealkylation sites (tertiary alicyclic amines) is 1. The third-order valence-electron chi connectivity index (χ3n) is 8.15. The third-order valence-corrected chi connectivity index (χ3v) is 8.15. The predicted molar refractivity (Wildman–Crippen MR) is 142 cm³/mol. The van der Waals surface area contributed by atoms with Gasteiger partial charge >= 0.3 is 11.9 Å². The van der Waals surface area contributed by atoms with E-state index in [1.807, 2.05) is 29.8 Å². The van der Waals surface area contributed by atoms with Gasteiger partial charge in [0.1, 0.15) is 12.2 Å². The lowest BCUT2D eigenvalue weighted by Crippen LogP contribution is -2.34. The molecule has 206 valence electrons. The average Bonchev–Trinajstić information content (AvgIpc) is 3.53. The van der Waals surface area contributed by atoms with Crippen LogP contribution in [0.25, 0.3) is 11.2 Å². The van der Waals surface area contributed by atoms with Gasteiger partial charge in [-0.05, 0) is 67.0 Å². The molecule has 0 amide bonds. The second kappa shape index (κ2) is 9.97. The Bertz CT molecular complexity index is 1550. The first kappa shape index (κ1) is 25.9. The molecule has 2 fully saturated rings. The summed E-state index contributed by atoms with van der Waals surface area (Å²) in [7, 11) is 1.91. The van der Waals surface area contributed by atoms with Gasteiger partial charge in [0.05, 0.1) is 16.8 Å². The van der Waals surface area contributed by atoms with Crippen LogP contribution < -0.4 is 5.69 Å². The van der Waals surface area contributed by atoms with Crippen molar-refractivity contribution in [2.45, 2.75) is 57.7 Å². The van der Waals surface area contributed by atoms with Crippen molar-refractivity contribution >= 4 is 5.52 Å². The van der Waals surface area contributed by atoms with Crippen LogP contribution in [0.3, 0.4) is 0 Å². The van der Waals surface area contributed by atoms with Crippen molar-refractivity contribution in [2.75, 3.05) is 13.1 Å². The Kier molecular flexibility index (Phi) is 6.61. The number of halogens is 3. The van der Waals surface area contributed by atoms with Crippen LogP contribution in [0.5, 0.6) is 0 Å². The summed E-state index contributed by atoms with van der Waals surface area (Å²) in [5.74, 6) is 1.95. The van der Waals surface area contributed by atoms with E-state index in [-0.39, 0.29) is 11.4 Å². The Morgan fingerprint density at radius 1 is 1.13 bits per heavy atom. The fourth-order valence-corrected chi connectivity index (χ4v) is 6.01. The van der Waals surface area contributed by atoms with Crippen LogP contribution >= 0.6 is 0 Å². The first-order valence-electron chi connectivity index (χ1n) is 13.7. The molecule has 7 nitrogen and oxygen atoms in total. The number of aryl methyl sites for hydroxylation is 1. The van der Waals surface area contributed by atoms with Gasteiger partial charge in [-0.15, -0.1) is 10.2 Å². The van der Waals surface area contributed by atoms with E-state index in [4.69, 9.17) is 0 Å². The Morgan fingerprint density at radius 3 is 2.64 bits per heavy atom. The zero-order valence-electron chi connectivity index (χ0n) is 22.2. The maximum Gasteiger partial charge on any atom is 0.418 e. The van der Waals surface area contributed by atoms with Gasteiger partial charge in [-0.3, -0.25) is 13.9 Å². The molecule has 0 radical (unpaired) electrons. The normalized spacial score (nSPS) is 19.6. The molecular weight excluding hydrogens is 505 g/mol. The molecule has 4 heterocycles. The first-order chi connectivity index (χ1) is 18.7. The summed E-state index contributed by atoms with van der Waals surface area (Å²) in [4.78, 5) is 15.7. The summed E-state index contributed by atoms with van der Waals surface area (Å²) < 4.78 is 47.0. The fourth-order valence-electron chi connectivity index (χ4n) is 6.01. The van der Waals surface area contributed by atoms with Gasteiger partial charge < -0.3 is 4.57 Å². The molecule has 3 aromatic heterocycles. The topological polar surface area (TPSA) is 60.4 Å². The van der Waals surface area contributed by atoms with Gasteiger partial charge in [-0.25, -0.2) is 4.79 Å². The summed E-state index contributed by atoms with van der Waals surface area (Å²) in [6, 6.07) is 8.70. The minimum atomic E-state index is -4.59. The van der Waals surface area contributed by atoms with Crippen LogP contribution in [0.2, 0.25) is 0 Å². The number of nitrogens with zero attached hydrogens (tertiary/aromatic N) is 6. The highest BCUT2D eigenvalue weighted by molar-refractivity contribution is 5.58. The molecule has 2 aliphatic rings. The van der Waals surface area contributed by atoms with E-state index >= 15 is 0 Å². The highest BCUT2D eigenvalue weighted by atomic mass is 19.4. The SMILES string of the molecule is C[C@H]1CCCN(Cc2cc(C(F)(F)F)c3cn(-c4cccc([C@H](CC5CC5)c5nncn5C)c4)c(=O)n3c2)C1. The maximum atomic E-state index is 14.2. The lowest BCUT2D eigenvalue weighted by Gasteiger charge is -2.31. The van der Waals surface area contributed by atoms with Gasteiger partial charge in [-0.1, -0.05) is 31.9 Å². The summed E-state index contributed by atoms with van der Waals surface area (Å²) in [6.07, 6.45) is 5.40. The molecule has 0 spiro atoms. The van der Waals surface area contributed by atoms with Crippen molar-refractivity contribution in [1.82, 2.24) is 28.6 Å². The molecule has 6 rings (SSSR count). The van der Waals surface area contributed by atoms with E-state index in [2.05, 4.69) is 22.0 Å². The second-order valence-corrected chi connectivity index (χ2v) is 11.4. The Hall–Kier alpha value is -3.40. The molecule has 0 bridgehead atoms. The number of fused-ring (bicyclic) bond motifs is 1. The fraction of sp³-hybridized carbons (Fsp3) is 0.483. The van der Waals surface area contributed by atoms with E-state index in [9.17, 15) is 18.0 Å². The number of benzene rings is 1. The van der Waals surface area contributed by atoms with Crippen LogP contribution in [0.15, 0.2) is 53.8 Å².